The summed E-state index contributed by atoms with van der Waals surface area (Å²) >= 11 is 1.64. The quantitative estimate of drug-likeness (QED) is 0.888. The Labute approximate surface area is 128 Å². The third kappa shape index (κ3) is 3.70. The summed E-state index contributed by atoms with van der Waals surface area (Å²) in [5.74, 6) is 1.68. The second kappa shape index (κ2) is 7.15. The number of rotatable bonds is 6. The molecule has 0 radical (unpaired) electrons. The van der Waals surface area contributed by atoms with Crippen molar-refractivity contribution in [1.82, 2.24) is 9.97 Å². The minimum Gasteiger partial charge on any atom is -0.381 e. The van der Waals surface area contributed by atoms with Gasteiger partial charge in [0.25, 0.3) is 0 Å². The van der Waals surface area contributed by atoms with Crippen molar-refractivity contribution >= 4 is 27.4 Å². The molecular weight excluding hydrogens is 286 g/mol. The van der Waals surface area contributed by atoms with Gasteiger partial charge in [-0.2, -0.15) is 0 Å². The van der Waals surface area contributed by atoms with Gasteiger partial charge in [-0.15, -0.1) is 11.3 Å². The van der Waals surface area contributed by atoms with Gasteiger partial charge in [-0.25, -0.2) is 9.97 Å². The molecule has 0 aromatic carbocycles. The molecule has 6 heteroatoms. The van der Waals surface area contributed by atoms with E-state index in [1.807, 2.05) is 0 Å². The lowest BCUT2D eigenvalue weighted by molar-refractivity contribution is -0.0408. The van der Waals surface area contributed by atoms with Crippen LogP contribution in [0.25, 0.3) is 10.2 Å². The number of anilines is 1. The van der Waals surface area contributed by atoms with Crippen molar-refractivity contribution in [3.63, 3.8) is 0 Å². The van der Waals surface area contributed by atoms with Gasteiger partial charge < -0.3 is 14.8 Å². The molecule has 1 saturated heterocycles. The van der Waals surface area contributed by atoms with Crippen molar-refractivity contribution < 1.29 is 9.47 Å². The second-order valence-electron chi connectivity index (χ2n) is 5.18. The summed E-state index contributed by atoms with van der Waals surface area (Å²) < 4.78 is 11.3. The number of nitrogens with zero attached hydrogens (tertiary/aromatic N) is 2. The molecule has 0 spiro atoms. The van der Waals surface area contributed by atoms with Gasteiger partial charge in [-0.3, -0.25) is 0 Å². The molecule has 0 bridgehead atoms. The first-order valence-corrected chi connectivity index (χ1v) is 8.42. The highest BCUT2D eigenvalue weighted by Gasteiger charge is 2.15. The molecule has 1 aliphatic rings. The molecule has 114 valence electrons. The smallest absolute Gasteiger partial charge is 0.158 e. The van der Waals surface area contributed by atoms with Crippen molar-refractivity contribution in [3.8, 4) is 0 Å². The Morgan fingerprint density at radius 3 is 3.05 bits per heavy atom. The fraction of sp³-hybridized carbons (Fsp3) is 0.600. The van der Waals surface area contributed by atoms with E-state index in [1.54, 1.807) is 11.3 Å². The van der Waals surface area contributed by atoms with E-state index in [0.717, 1.165) is 60.9 Å². The summed E-state index contributed by atoms with van der Waals surface area (Å²) in [6.45, 7) is 5.12. The van der Waals surface area contributed by atoms with Crippen molar-refractivity contribution in [2.75, 3.05) is 25.1 Å². The van der Waals surface area contributed by atoms with Crippen LogP contribution in [0.15, 0.2) is 11.4 Å². The molecule has 0 atom stereocenters. The lowest BCUT2D eigenvalue weighted by Gasteiger charge is -2.22. The monoisotopic (exact) mass is 307 g/mol. The minimum absolute atomic E-state index is 0.272. The Hall–Kier alpha value is -1.24. The Kier molecular flexibility index (Phi) is 5.00. The van der Waals surface area contributed by atoms with E-state index in [0.29, 0.717) is 6.61 Å². The number of fused-ring (bicyclic) bond motifs is 1. The van der Waals surface area contributed by atoms with E-state index in [-0.39, 0.29) is 6.10 Å². The Bertz CT molecular complexity index is 581. The Morgan fingerprint density at radius 2 is 2.24 bits per heavy atom. The molecule has 0 saturated carbocycles. The molecule has 3 rings (SSSR count). The molecule has 21 heavy (non-hydrogen) atoms. The molecule has 0 unspecified atom stereocenters. The van der Waals surface area contributed by atoms with Gasteiger partial charge in [-0.1, -0.05) is 6.92 Å². The fourth-order valence-corrected chi connectivity index (χ4v) is 3.16. The number of hydrogen-bond acceptors (Lipinski definition) is 6. The van der Waals surface area contributed by atoms with E-state index >= 15 is 0 Å². The van der Waals surface area contributed by atoms with Crippen LogP contribution < -0.4 is 5.32 Å². The molecule has 2 aromatic rings. The van der Waals surface area contributed by atoms with Crippen LogP contribution in [0.2, 0.25) is 0 Å². The highest BCUT2D eigenvalue weighted by atomic mass is 32.1. The van der Waals surface area contributed by atoms with Gasteiger partial charge in [0.15, 0.2) is 5.82 Å². The maximum atomic E-state index is 5.93. The van der Waals surface area contributed by atoms with Gasteiger partial charge in [0.1, 0.15) is 17.3 Å². The zero-order valence-electron chi connectivity index (χ0n) is 12.3. The van der Waals surface area contributed by atoms with Crippen LogP contribution >= 0.6 is 11.3 Å². The number of nitrogens with one attached hydrogen (secondary N) is 1. The van der Waals surface area contributed by atoms with Crippen LogP contribution in [0, 0.1) is 0 Å². The number of aromatic nitrogens is 2. The van der Waals surface area contributed by atoms with Gasteiger partial charge in [0.2, 0.25) is 0 Å². The maximum Gasteiger partial charge on any atom is 0.158 e. The predicted octanol–water partition coefficient (Wildman–Crippen LogP) is 3.21. The van der Waals surface area contributed by atoms with E-state index in [2.05, 4.69) is 33.7 Å². The van der Waals surface area contributed by atoms with Crippen LogP contribution in [0.3, 0.4) is 0 Å². The lowest BCUT2D eigenvalue weighted by Crippen LogP contribution is -2.23. The predicted molar refractivity (Wildman–Crippen MR) is 84.8 cm³/mol. The largest absolute Gasteiger partial charge is 0.381 e. The summed E-state index contributed by atoms with van der Waals surface area (Å²) in [5, 5.41) is 6.54. The minimum atomic E-state index is 0.272. The Balaban J connectivity index is 1.71. The van der Waals surface area contributed by atoms with Gasteiger partial charge in [0.05, 0.1) is 11.5 Å². The molecule has 1 N–H and O–H groups in total. The van der Waals surface area contributed by atoms with Gasteiger partial charge in [-0.05, 0) is 30.7 Å². The third-order valence-corrected chi connectivity index (χ3v) is 4.34. The number of hydrogen-bond donors (Lipinski definition) is 1. The van der Waals surface area contributed by atoms with Crippen molar-refractivity contribution in [1.29, 1.82) is 0 Å². The van der Waals surface area contributed by atoms with Crippen LogP contribution in [0.1, 0.15) is 32.0 Å². The van der Waals surface area contributed by atoms with Crippen molar-refractivity contribution in [3.05, 3.63) is 17.3 Å². The second-order valence-corrected chi connectivity index (χ2v) is 6.07. The van der Waals surface area contributed by atoms with Gasteiger partial charge in [0, 0.05) is 19.8 Å². The van der Waals surface area contributed by atoms with E-state index in [1.165, 1.54) is 0 Å². The zero-order valence-corrected chi connectivity index (χ0v) is 13.1. The lowest BCUT2D eigenvalue weighted by atomic mass is 10.2. The molecule has 0 amide bonds. The SMILES string of the molecule is CCCNc1nc(COC2CCOCC2)nc2sccc12. The molecular formula is C15H21N3O2S. The number of thiophene rings is 1. The normalized spacial score (nSPS) is 16.4. The van der Waals surface area contributed by atoms with Crippen LogP contribution in [-0.2, 0) is 16.1 Å². The van der Waals surface area contributed by atoms with E-state index in [9.17, 15) is 0 Å². The average Bonchev–Trinajstić information content (AvgIpc) is 3.00. The fourth-order valence-electron chi connectivity index (χ4n) is 2.38. The first-order chi connectivity index (χ1) is 10.4. The molecule has 5 nitrogen and oxygen atoms in total. The summed E-state index contributed by atoms with van der Waals surface area (Å²) in [6.07, 6.45) is 3.27. The maximum absolute atomic E-state index is 5.93. The first kappa shape index (κ1) is 14.7. The third-order valence-electron chi connectivity index (χ3n) is 3.53. The van der Waals surface area contributed by atoms with Crippen molar-refractivity contribution in [2.45, 2.75) is 38.9 Å². The Morgan fingerprint density at radius 1 is 1.38 bits per heavy atom. The molecule has 1 aliphatic heterocycles. The highest BCUT2D eigenvalue weighted by molar-refractivity contribution is 7.16. The van der Waals surface area contributed by atoms with Crippen LogP contribution in [0.4, 0.5) is 5.82 Å². The summed E-state index contributed by atoms with van der Waals surface area (Å²) in [5.41, 5.74) is 0. The molecule has 0 aliphatic carbocycles. The first-order valence-electron chi connectivity index (χ1n) is 7.54. The molecule has 3 heterocycles. The average molecular weight is 307 g/mol. The summed E-state index contributed by atoms with van der Waals surface area (Å²) in [6, 6.07) is 2.07. The van der Waals surface area contributed by atoms with Crippen LogP contribution in [0.5, 0.6) is 0 Å². The summed E-state index contributed by atoms with van der Waals surface area (Å²) in [7, 11) is 0. The van der Waals surface area contributed by atoms with Gasteiger partial charge >= 0.3 is 0 Å². The summed E-state index contributed by atoms with van der Waals surface area (Å²) in [4.78, 5) is 10.2. The topological polar surface area (TPSA) is 56.3 Å². The number of ether oxygens (including phenoxy) is 2. The van der Waals surface area contributed by atoms with E-state index in [4.69, 9.17) is 9.47 Å². The zero-order chi connectivity index (χ0) is 14.5. The van der Waals surface area contributed by atoms with Crippen molar-refractivity contribution in [2.24, 2.45) is 0 Å². The molecule has 1 fully saturated rings. The highest BCUT2D eigenvalue weighted by Crippen LogP contribution is 2.25. The van der Waals surface area contributed by atoms with Crippen LogP contribution in [-0.4, -0.2) is 35.8 Å². The molecule has 2 aromatic heterocycles. The standard InChI is InChI=1S/C15H21N3O2S/c1-2-6-16-14-12-5-9-21-15(12)18-13(17-14)10-20-11-3-7-19-8-4-11/h5,9,11H,2-4,6-8,10H2,1H3,(H,16,17,18). The van der Waals surface area contributed by atoms with E-state index < -0.39 is 0 Å².